The molecule has 4 unspecified atom stereocenters. The van der Waals surface area contributed by atoms with Crippen LogP contribution in [-0.4, -0.2) is 51.0 Å². The Hall–Kier alpha value is -2.46. The SMILES string of the molecule is CC(COc1ccc(C(c2ccc(OCC(C)CC3CO3)cc2)(C(F)(F)F)C(F)(F)F)cc1)CC1CO1. The molecule has 0 spiro atoms. The number of hydrogen-bond donors (Lipinski definition) is 0. The number of rotatable bonds is 12. The molecule has 0 aliphatic carbocycles. The third-order valence-electron chi connectivity index (χ3n) is 6.63. The summed E-state index contributed by atoms with van der Waals surface area (Å²) in [6.07, 6.45) is -9.38. The standard InChI is InChI=1S/C27H30F6O4/c1-17(11-23-15-36-23)13-34-21-7-3-19(4-8-21)25(26(28,29)30,27(31,32)33)20-5-9-22(10-6-20)35-14-18(2)12-24-16-37-24/h3-10,17-18,23-24H,11-16H2,1-2H3. The van der Waals surface area contributed by atoms with Crippen LogP contribution in [0.4, 0.5) is 26.3 Å². The molecule has 2 saturated heterocycles. The second-order valence-corrected chi connectivity index (χ2v) is 10.0. The first kappa shape index (κ1) is 27.6. The maximum absolute atomic E-state index is 14.4. The summed E-state index contributed by atoms with van der Waals surface area (Å²) in [4.78, 5) is 0. The number of benzene rings is 2. The Kier molecular flexibility index (Phi) is 7.99. The molecule has 0 amide bonds. The van der Waals surface area contributed by atoms with Gasteiger partial charge in [0.05, 0.1) is 38.6 Å². The van der Waals surface area contributed by atoms with Gasteiger partial charge in [-0.2, -0.15) is 26.3 Å². The monoisotopic (exact) mass is 532 g/mol. The van der Waals surface area contributed by atoms with E-state index in [0.29, 0.717) is 13.2 Å². The Labute approximate surface area is 211 Å². The molecule has 10 heteroatoms. The fourth-order valence-corrected chi connectivity index (χ4v) is 4.50. The molecule has 4 atom stereocenters. The molecule has 2 aromatic rings. The van der Waals surface area contributed by atoms with Crippen molar-refractivity contribution in [1.82, 2.24) is 0 Å². The zero-order valence-electron chi connectivity index (χ0n) is 20.6. The number of alkyl halides is 6. The highest BCUT2D eigenvalue weighted by molar-refractivity contribution is 5.47. The van der Waals surface area contributed by atoms with E-state index in [0.717, 1.165) is 61.4 Å². The molecule has 4 rings (SSSR count). The van der Waals surface area contributed by atoms with Crippen molar-refractivity contribution in [1.29, 1.82) is 0 Å². The van der Waals surface area contributed by atoms with Crippen LogP contribution in [0.1, 0.15) is 37.8 Å². The van der Waals surface area contributed by atoms with Gasteiger partial charge in [0.15, 0.2) is 0 Å². The van der Waals surface area contributed by atoms with Crippen molar-refractivity contribution < 1.29 is 45.3 Å². The molecule has 2 aromatic carbocycles. The van der Waals surface area contributed by atoms with Gasteiger partial charge in [-0.3, -0.25) is 0 Å². The maximum atomic E-state index is 14.4. The minimum absolute atomic E-state index is 0.127. The lowest BCUT2D eigenvalue weighted by Gasteiger charge is -2.38. The van der Waals surface area contributed by atoms with Gasteiger partial charge in [0.2, 0.25) is 5.41 Å². The van der Waals surface area contributed by atoms with Crippen LogP contribution in [-0.2, 0) is 14.9 Å². The van der Waals surface area contributed by atoms with E-state index in [9.17, 15) is 26.3 Å². The molecule has 0 radical (unpaired) electrons. The molecular weight excluding hydrogens is 502 g/mol. The average Bonchev–Trinajstić information content (AvgIpc) is 3.74. The van der Waals surface area contributed by atoms with Crippen LogP contribution in [0.2, 0.25) is 0 Å². The van der Waals surface area contributed by atoms with Crippen LogP contribution in [0.25, 0.3) is 0 Å². The predicted molar refractivity (Wildman–Crippen MR) is 124 cm³/mol. The van der Waals surface area contributed by atoms with E-state index < -0.39 is 28.9 Å². The Morgan fingerprint density at radius 2 is 1.00 bits per heavy atom. The first-order chi connectivity index (χ1) is 17.4. The van der Waals surface area contributed by atoms with Gasteiger partial charge in [0.1, 0.15) is 11.5 Å². The normalized spacial score (nSPS) is 21.3. The molecule has 0 aromatic heterocycles. The average molecular weight is 533 g/mol. The van der Waals surface area contributed by atoms with Gasteiger partial charge in [-0.05, 0) is 60.1 Å². The Balaban J connectivity index is 1.54. The van der Waals surface area contributed by atoms with Crippen molar-refractivity contribution in [2.75, 3.05) is 26.4 Å². The van der Waals surface area contributed by atoms with Crippen LogP contribution < -0.4 is 9.47 Å². The summed E-state index contributed by atoms with van der Waals surface area (Å²) < 4.78 is 108. The zero-order valence-corrected chi connectivity index (χ0v) is 20.6. The minimum atomic E-state index is -5.66. The third-order valence-corrected chi connectivity index (χ3v) is 6.63. The fraction of sp³-hybridized carbons (Fsp3) is 0.556. The molecule has 2 heterocycles. The summed E-state index contributed by atoms with van der Waals surface area (Å²) in [6.45, 7) is 5.80. The van der Waals surface area contributed by atoms with Crippen molar-refractivity contribution in [3.63, 3.8) is 0 Å². The third kappa shape index (κ3) is 6.52. The van der Waals surface area contributed by atoms with Crippen molar-refractivity contribution >= 4 is 0 Å². The van der Waals surface area contributed by atoms with Crippen LogP contribution in [0, 0.1) is 11.8 Å². The van der Waals surface area contributed by atoms with Gasteiger partial charge in [-0.15, -0.1) is 0 Å². The lowest BCUT2D eigenvalue weighted by atomic mass is 9.73. The molecule has 0 saturated carbocycles. The Morgan fingerprint density at radius 1 is 0.676 bits per heavy atom. The summed E-state index contributed by atoms with van der Waals surface area (Å²) >= 11 is 0. The Bertz CT molecular complexity index is 928. The van der Waals surface area contributed by atoms with Gasteiger partial charge in [-0.25, -0.2) is 0 Å². The van der Waals surface area contributed by atoms with E-state index in [1.807, 2.05) is 13.8 Å². The van der Waals surface area contributed by atoms with Crippen LogP contribution in [0.3, 0.4) is 0 Å². The van der Waals surface area contributed by atoms with E-state index in [-0.39, 0.29) is 48.8 Å². The van der Waals surface area contributed by atoms with Gasteiger partial charge in [-0.1, -0.05) is 38.1 Å². The smallest absolute Gasteiger partial charge is 0.411 e. The summed E-state index contributed by atoms with van der Waals surface area (Å²) in [5.74, 6) is 0.643. The quantitative estimate of drug-likeness (QED) is 0.225. The minimum Gasteiger partial charge on any atom is -0.493 e. The molecule has 2 aliphatic rings. The van der Waals surface area contributed by atoms with E-state index in [2.05, 4.69) is 0 Å². The molecule has 0 N–H and O–H groups in total. The van der Waals surface area contributed by atoms with E-state index in [1.54, 1.807) is 0 Å². The van der Waals surface area contributed by atoms with Crippen LogP contribution in [0.15, 0.2) is 48.5 Å². The summed E-state index contributed by atoms with van der Waals surface area (Å²) in [6, 6.07) is 7.89. The molecule has 2 fully saturated rings. The van der Waals surface area contributed by atoms with E-state index in [1.165, 1.54) is 0 Å². The fourth-order valence-electron chi connectivity index (χ4n) is 4.50. The first-order valence-electron chi connectivity index (χ1n) is 12.2. The van der Waals surface area contributed by atoms with Crippen molar-refractivity contribution in [3.8, 4) is 11.5 Å². The lowest BCUT2D eigenvalue weighted by molar-refractivity contribution is -0.288. The zero-order chi connectivity index (χ0) is 26.8. The van der Waals surface area contributed by atoms with Gasteiger partial charge < -0.3 is 18.9 Å². The topological polar surface area (TPSA) is 43.5 Å². The number of hydrogen-bond acceptors (Lipinski definition) is 4. The van der Waals surface area contributed by atoms with E-state index in [4.69, 9.17) is 18.9 Å². The van der Waals surface area contributed by atoms with E-state index >= 15 is 0 Å². The van der Waals surface area contributed by atoms with Gasteiger partial charge in [0, 0.05) is 0 Å². The molecule has 37 heavy (non-hydrogen) atoms. The number of epoxide rings is 2. The number of ether oxygens (including phenoxy) is 4. The molecular formula is C27H30F6O4. The Morgan fingerprint density at radius 3 is 1.27 bits per heavy atom. The second-order valence-electron chi connectivity index (χ2n) is 10.0. The van der Waals surface area contributed by atoms with Gasteiger partial charge >= 0.3 is 12.4 Å². The lowest BCUT2D eigenvalue weighted by Crippen LogP contribution is -2.54. The number of halogens is 6. The predicted octanol–water partition coefficient (Wildman–Crippen LogP) is 6.70. The van der Waals surface area contributed by atoms with Crippen molar-refractivity contribution in [2.24, 2.45) is 11.8 Å². The summed E-state index contributed by atoms with van der Waals surface area (Å²) in [5.41, 5.74) is -6.10. The van der Waals surface area contributed by atoms with Crippen LogP contribution in [0.5, 0.6) is 11.5 Å². The highest BCUT2D eigenvalue weighted by atomic mass is 19.4. The first-order valence-corrected chi connectivity index (χ1v) is 12.2. The van der Waals surface area contributed by atoms with Crippen LogP contribution >= 0.6 is 0 Å². The molecule has 2 aliphatic heterocycles. The van der Waals surface area contributed by atoms with Crippen molar-refractivity contribution in [3.05, 3.63) is 59.7 Å². The van der Waals surface area contributed by atoms with Crippen molar-refractivity contribution in [2.45, 2.75) is 56.7 Å². The maximum Gasteiger partial charge on any atom is 0.411 e. The molecule has 0 bridgehead atoms. The summed E-state index contributed by atoms with van der Waals surface area (Å²) in [7, 11) is 0. The highest BCUT2D eigenvalue weighted by Gasteiger charge is 2.72. The molecule has 4 nitrogen and oxygen atoms in total. The second kappa shape index (κ2) is 10.7. The molecule has 204 valence electrons. The summed E-state index contributed by atoms with van der Waals surface area (Å²) in [5, 5.41) is 0. The van der Waals surface area contributed by atoms with Gasteiger partial charge in [0.25, 0.3) is 0 Å². The highest BCUT2D eigenvalue weighted by Crippen LogP contribution is 2.56. The largest absolute Gasteiger partial charge is 0.493 e.